The topological polar surface area (TPSA) is 12.0 Å². The predicted molar refractivity (Wildman–Crippen MR) is 70.5 cm³/mol. The fourth-order valence-electron chi connectivity index (χ4n) is 1.72. The minimum Gasteiger partial charge on any atom is -0.316 e. The molecule has 1 unspecified atom stereocenters. The summed E-state index contributed by atoms with van der Waals surface area (Å²) in [5.41, 5.74) is 4.12. The van der Waals surface area contributed by atoms with Crippen LogP contribution in [0.4, 0.5) is 0 Å². The third kappa shape index (κ3) is 3.72. The Morgan fingerprint density at radius 2 is 2.00 bits per heavy atom. The number of rotatable bonds is 4. The first kappa shape index (κ1) is 12.8. The van der Waals surface area contributed by atoms with E-state index < -0.39 is 0 Å². The summed E-state index contributed by atoms with van der Waals surface area (Å²) in [5, 5.41) is 3.32. The summed E-state index contributed by atoms with van der Waals surface area (Å²) < 4.78 is 0. The maximum Gasteiger partial charge on any atom is 0.0246 e. The smallest absolute Gasteiger partial charge is 0.0246 e. The van der Waals surface area contributed by atoms with Crippen molar-refractivity contribution >= 4 is 0 Å². The number of aryl methyl sites for hydroxylation is 2. The molecule has 0 aromatic heterocycles. The molecule has 86 valence electrons. The summed E-state index contributed by atoms with van der Waals surface area (Å²) in [6.45, 7) is 6.21. The van der Waals surface area contributed by atoms with Gasteiger partial charge in [-0.3, -0.25) is 0 Å². The summed E-state index contributed by atoms with van der Waals surface area (Å²) >= 11 is 0. The summed E-state index contributed by atoms with van der Waals surface area (Å²) in [6, 6.07) is 7.14. The average Bonchev–Trinajstić information content (AvgIpc) is 2.29. The molecular weight excluding hydrogens is 194 g/mol. The highest BCUT2D eigenvalue weighted by atomic mass is 14.9. The van der Waals surface area contributed by atoms with E-state index in [0.29, 0.717) is 6.04 Å². The van der Waals surface area contributed by atoms with Gasteiger partial charge in [0.15, 0.2) is 0 Å². The fourth-order valence-corrected chi connectivity index (χ4v) is 1.72. The molecule has 0 fully saturated rings. The molecule has 0 heterocycles. The van der Waals surface area contributed by atoms with E-state index in [1.165, 1.54) is 16.7 Å². The van der Waals surface area contributed by atoms with Crippen molar-refractivity contribution in [3.63, 3.8) is 0 Å². The van der Waals surface area contributed by atoms with Crippen molar-refractivity contribution < 1.29 is 0 Å². The first-order valence-corrected chi connectivity index (χ1v) is 5.80. The molecule has 1 heteroatoms. The first-order valence-electron chi connectivity index (χ1n) is 5.80. The van der Waals surface area contributed by atoms with Crippen molar-refractivity contribution in [2.45, 2.75) is 39.7 Å². The SMILES string of the molecule is CC#CCC(Cc1ccc(C)c(C)c1)NC. The van der Waals surface area contributed by atoms with Crippen molar-refractivity contribution in [1.29, 1.82) is 0 Å². The number of hydrogen-bond acceptors (Lipinski definition) is 1. The first-order chi connectivity index (χ1) is 7.67. The molecule has 1 aromatic rings. The standard InChI is InChI=1S/C15H21N/c1-5-6-7-15(16-4)11-14-9-8-12(2)13(3)10-14/h8-10,15-16H,7,11H2,1-4H3. The van der Waals surface area contributed by atoms with E-state index in [0.717, 1.165) is 12.8 Å². The van der Waals surface area contributed by atoms with Crippen LogP contribution in [0.15, 0.2) is 18.2 Å². The summed E-state index contributed by atoms with van der Waals surface area (Å²) in [4.78, 5) is 0. The molecule has 1 N–H and O–H groups in total. The van der Waals surface area contributed by atoms with E-state index in [1.807, 2.05) is 14.0 Å². The minimum atomic E-state index is 0.453. The Hall–Kier alpha value is -1.26. The molecule has 1 nitrogen and oxygen atoms in total. The lowest BCUT2D eigenvalue weighted by Crippen LogP contribution is -2.27. The minimum absolute atomic E-state index is 0.453. The lowest BCUT2D eigenvalue weighted by molar-refractivity contribution is 0.572. The largest absolute Gasteiger partial charge is 0.316 e. The lowest BCUT2D eigenvalue weighted by Gasteiger charge is -2.14. The van der Waals surface area contributed by atoms with Gasteiger partial charge in [0.25, 0.3) is 0 Å². The summed E-state index contributed by atoms with van der Waals surface area (Å²) in [7, 11) is 2.00. The Kier molecular flexibility index (Phi) is 5.08. The molecule has 0 amide bonds. The highest BCUT2D eigenvalue weighted by Gasteiger charge is 2.06. The third-order valence-electron chi connectivity index (χ3n) is 2.99. The van der Waals surface area contributed by atoms with Crippen LogP contribution in [0.25, 0.3) is 0 Å². The van der Waals surface area contributed by atoms with Gasteiger partial charge in [-0.15, -0.1) is 11.8 Å². The molecule has 1 aromatic carbocycles. The second-order valence-electron chi connectivity index (χ2n) is 4.24. The Balaban J connectivity index is 2.69. The second-order valence-corrected chi connectivity index (χ2v) is 4.24. The van der Waals surface area contributed by atoms with E-state index in [4.69, 9.17) is 0 Å². The zero-order valence-electron chi connectivity index (χ0n) is 10.7. The van der Waals surface area contributed by atoms with E-state index in [2.05, 4.69) is 49.2 Å². The second kappa shape index (κ2) is 6.35. The molecule has 16 heavy (non-hydrogen) atoms. The predicted octanol–water partition coefficient (Wildman–Crippen LogP) is 2.85. The highest BCUT2D eigenvalue weighted by Crippen LogP contribution is 2.12. The molecule has 0 saturated heterocycles. The third-order valence-corrected chi connectivity index (χ3v) is 2.99. The number of likely N-dealkylation sites (N-methyl/N-ethyl adjacent to an activating group) is 1. The maximum atomic E-state index is 3.32. The van der Waals surface area contributed by atoms with Gasteiger partial charge in [0, 0.05) is 12.5 Å². The number of hydrogen-bond donors (Lipinski definition) is 1. The normalized spacial score (nSPS) is 11.8. The van der Waals surface area contributed by atoms with Gasteiger partial charge in [0.1, 0.15) is 0 Å². The van der Waals surface area contributed by atoms with Gasteiger partial charge in [-0.2, -0.15) is 0 Å². The van der Waals surface area contributed by atoms with Gasteiger partial charge >= 0.3 is 0 Å². The lowest BCUT2D eigenvalue weighted by atomic mass is 9.99. The Morgan fingerprint density at radius 3 is 2.56 bits per heavy atom. The monoisotopic (exact) mass is 215 g/mol. The summed E-state index contributed by atoms with van der Waals surface area (Å²) in [6.07, 6.45) is 1.96. The number of nitrogens with one attached hydrogen (secondary N) is 1. The Bertz CT molecular complexity index is 396. The molecule has 1 rings (SSSR count). The van der Waals surface area contributed by atoms with E-state index in [-0.39, 0.29) is 0 Å². The molecule has 0 spiro atoms. The molecule has 1 atom stereocenters. The molecule has 0 aliphatic carbocycles. The zero-order chi connectivity index (χ0) is 12.0. The molecule has 0 bridgehead atoms. The van der Waals surface area contributed by atoms with E-state index in [9.17, 15) is 0 Å². The number of benzene rings is 1. The quantitative estimate of drug-likeness (QED) is 0.762. The highest BCUT2D eigenvalue weighted by molar-refractivity contribution is 5.30. The van der Waals surface area contributed by atoms with Gasteiger partial charge < -0.3 is 5.32 Å². The van der Waals surface area contributed by atoms with Crippen LogP contribution in [-0.4, -0.2) is 13.1 Å². The van der Waals surface area contributed by atoms with E-state index in [1.54, 1.807) is 0 Å². The van der Waals surface area contributed by atoms with Gasteiger partial charge in [-0.1, -0.05) is 18.2 Å². The molecular formula is C15H21N. The molecule has 0 saturated carbocycles. The maximum absolute atomic E-state index is 3.32. The Morgan fingerprint density at radius 1 is 1.25 bits per heavy atom. The van der Waals surface area contributed by atoms with Crippen molar-refractivity contribution in [2.75, 3.05) is 7.05 Å². The van der Waals surface area contributed by atoms with Crippen LogP contribution in [-0.2, 0) is 6.42 Å². The Labute approximate surface area is 99.3 Å². The van der Waals surface area contributed by atoms with Gasteiger partial charge in [0.05, 0.1) is 0 Å². The van der Waals surface area contributed by atoms with Gasteiger partial charge in [0.2, 0.25) is 0 Å². The fraction of sp³-hybridized carbons (Fsp3) is 0.467. The van der Waals surface area contributed by atoms with Crippen LogP contribution < -0.4 is 5.32 Å². The molecule has 0 aliphatic heterocycles. The van der Waals surface area contributed by atoms with E-state index >= 15 is 0 Å². The van der Waals surface area contributed by atoms with Crippen LogP contribution in [0.2, 0.25) is 0 Å². The van der Waals surface area contributed by atoms with Crippen molar-refractivity contribution in [1.82, 2.24) is 5.32 Å². The van der Waals surface area contributed by atoms with Crippen molar-refractivity contribution in [3.8, 4) is 11.8 Å². The van der Waals surface area contributed by atoms with Crippen LogP contribution in [0.3, 0.4) is 0 Å². The van der Waals surface area contributed by atoms with Gasteiger partial charge in [-0.25, -0.2) is 0 Å². The van der Waals surface area contributed by atoms with Crippen molar-refractivity contribution in [3.05, 3.63) is 34.9 Å². The van der Waals surface area contributed by atoms with Crippen LogP contribution in [0, 0.1) is 25.7 Å². The average molecular weight is 215 g/mol. The molecule has 0 aliphatic rings. The summed E-state index contributed by atoms with van der Waals surface area (Å²) in [5.74, 6) is 6.08. The van der Waals surface area contributed by atoms with Crippen molar-refractivity contribution in [2.24, 2.45) is 0 Å². The molecule has 0 radical (unpaired) electrons. The zero-order valence-corrected chi connectivity index (χ0v) is 10.7. The van der Waals surface area contributed by atoms with Gasteiger partial charge in [-0.05, 0) is 50.9 Å². The van der Waals surface area contributed by atoms with Crippen LogP contribution >= 0.6 is 0 Å². The van der Waals surface area contributed by atoms with Crippen LogP contribution in [0.5, 0.6) is 0 Å². The van der Waals surface area contributed by atoms with Crippen LogP contribution in [0.1, 0.15) is 30.0 Å².